The Labute approximate surface area is 190 Å². The Morgan fingerprint density at radius 2 is 1.07 bits per heavy atom. The Balaban J connectivity index is -0.00000123. The van der Waals surface area contributed by atoms with Gasteiger partial charge in [-0.3, -0.25) is 4.79 Å². The van der Waals surface area contributed by atoms with Gasteiger partial charge in [-0.05, 0) is 26.7 Å². The minimum Gasteiger partial charge on any atom is -1.00 e. The molecule has 1 N–H and O–H groups in total. The highest BCUT2D eigenvalue weighted by atomic mass is 35.5. The van der Waals surface area contributed by atoms with E-state index >= 15 is 0 Å². The summed E-state index contributed by atoms with van der Waals surface area (Å²) < 4.78 is 0.855. The van der Waals surface area contributed by atoms with Crippen LogP contribution in [0.15, 0.2) is 0 Å². The van der Waals surface area contributed by atoms with Crippen molar-refractivity contribution in [3.8, 4) is 0 Å². The van der Waals surface area contributed by atoms with E-state index in [1.807, 2.05) is 0 Å². The standard InChI is InChI=1S/C22H46NO.C3H8O.ClH/c1-5-7-8-9-10-11-12-13-14-15-16-17-18-19-22(24)21-23(3,4)20-6-2;1-3(2)4;/h5-21H2,1-4H3;3-4H,1-2H3;1H/q+1;;/p-1. The second kappa shape index (κ2) is 24.2. The number of aliphatic hydroxyl groups is 1. The van der Waals surface area contributed by atoms with Crippen LogP contribution in [0, 0.1) is 0 Å². The van der Waals surface area contributed by atoms with Gasteiger partial charge < -0.3 is 22.0 Å². The van der Waals surface area contributed by atoms with Crippen LogP contribution in [0.25, 0.3) is 0 Å². The van der Waals surface area contributed by atoms with Crippen LogP contribution in [0.4, 0.5) is 0 Å². The Morgan fingerprint density at radius 1 is 0.724 bits per heavy atom. The average molecular weight is 436 g/mol. The molecule has 0 aliphatic carbocycles. The van der Waals surface area contributed by atoms with Crippen LogP contribution in [0.1, 0.15) is 124 Å². The zero-order chi connectivity index (χ0) is 21.7. The van der Waals surface area contributed by atoms with Crippen molar-refractivity contribution in [3.05, 3.63) is 0 Å². The molecule has 0 bridgehead atoms. The molecule has 0 aromatic carbocycles. The maximum Gasteiger partial charge on any atom is 0.186 e. The second-order valence-electron chi connectivity index (χ2n) is 9.44. The SMILES string of the molecule is CC(C)O.CCCCCCCCCCCCCCCC(=O)C[N+](C)(C)CCC.[Cl-]. The number of likely N-dealkylation sites (N-methyl/N-ethyl adjacent to an activating group) is 1. The van der Waals surface area contributed by atoms with E-state index < -0.39 is 0 Å². The van der Waals surface area contributed by atoms with E-state index in [4.69, 9.17) is 5.11 Å². The molecule has 0 aromatic heterocycles. The first-order valence-corrected chi connectivity index (χ1v) is 12.3. The molecule has 0 saturated carbocycles. The predicted octanol–water partition coefficient (Wildman–Crippen LogP) is 3.91. The lowest BCUT2D eigenvalue weighted by molar-refractivity contribution is -0.882. The molecule has 0 aliphatic heterocycles. The molecule has 0 radical (unpaired) electrons. The summed E-state index contributed by atoms with van der Waals surface area (Å²) in [4.78, 5) is 12.0. The second-order valence-corrected chi connectivity index (χ2v) is 9.44. The first-order valence-electron chi connectivity index (χ1n) is 12.3. The lowest BCUT2D eigenvalue weighted by Gasteiger charge is -2.28. The Morgan fingerprint density at radius 3 is 1.41 bits per heavy atom. The number of halogens is 1. The average Bonchev–Trinajstić information content (AvgIpc) is 2.58. The molecule has 4 heteroatoms. The first kappa shape index (κ1) is 33.5. The highest BCUT2D eigenvalue weighted by Gasteiger charge is 2.18. The van der Waals surface area contributed by atoms with Crippen molar-refractivity contribution in [3.63, 3.8) is 0 Å². The molecular formula is C25H54ClNO2. The van der Waals surface area contributed by atoms with E-state index in [9.17, 15) is 4.79 Å². The van der Waals surface area contributed by atoms with Crippen LogP contribution in [-0.4, -0.2) is 48.7 Å². The van der Waals surface area contributed by atoms with Crippen molar-refractivity contribution in [1.29, 1.82) is 0 Å². The van der Waals surface area contributed by atoms with Crippen molar-refractivity contribution in [2.45, 2.75) is 130 Å². The highest BCUT2D eigenvalue weighted by molar-refractivity contribution is 5.79. The summed E-state index contributed by atoms with van der Waals surface area (Å²) >= 11 is 0. The van der Waals surface area contributed by atoms with Gasteiger partial charge in [-0.25, -0.2) is 0 Å². The van der Waals surface area contributed by atoms with Gasteiger partial charge in [0.2, 0.25) is 0 Å². The normalized spacial score (nSPS) is 11.0. The summed E-state index contributed by atoms with van der Waals surface area (Å²) in [5.41, 5.74) is 0. The zero-order valence-electron chi connectivity index (χ0n) is 20.8. The number of unbranched alkanes of at least 4 members (excludes halogenated alkanes) is 12. The number of quaternary nitrogens is 1. The number of Topliss-reactive ketones (excluding diaryl/α,β-unsaturated/α-hetero) is 1. The molecule has 0 spiro atoms. The van der Waals surface area contributed by atoms with E-state index in [0.717, 1.165) is 30.3 Å². The number of aliphatic hydroxyl groups excluding tert-OH is 1. The minimum atomic E-state index is -0.167. The van der Waals surface area contributed by atoms with E-state index in [2.05, 4.69) is 27.9 Å². The third kappa shape index (κ3) is 32.7. The maximum atomic E-state index is 12.0. The van der Waals surface area contributed by atoms with Crippen molar-refractivity contribution in [2.24, 2.45) is 0 Å². The number of hydrogen-bond acceptors (Lipinski definition) is 2. The first-order chi connectivity index (χ1) is 13.2. The topological polar surface area (TPSA) is 37.3 Å². The molecular weight excluding hydrogens is 382 g/mol. The number of carbonyl (C=O) groups is 1. The van der Waals surface area contributed by atoms with Gasteiger partial charge in [0.05, 0.1) is 20.6 Å². The zero-order valence-corrected chi connectivity index (χ0v) is 21.5. The van der Waals surface area contributed by atoms with Gasteiger partial charge >= 0.3 is 0 Å². The molecule has 0 fully saturated rings. The van der Waals surface area contributed by atoms with Gasteiger partial charge in [0.15, 0.2) is 5.78 Å². The van der Waals surface area contributed by atoms with Crippen LogP contribution < -0.4 is 12.4 Å². The molecule has 0 heterocycles. The summed E-state index contributed by atoms with van der Waals surface area (Å²) in [7, 11) is 4.34. The molecule has 0 aliphatic rings. The largest absolute Gasteiger partial charge is 1.00 e. The lowest BCUT2D eigenvalue weighted by Crippen LogP contribution is -3.00. The van der Waals surface area contributed by atoms with Crippen LogP contribution in [-0.2, 0) is 4.79 Å². The van der Waals surface area contributed by atoms with Crippen molar-refractivity contribution in [1.82, 2.24) is 0 Å². The molecule has 0 unspecified atom stereocenters. The molecule has 0 rings (SSSR count). The summed E-state index contributed by atoms with van der Waals surface area (Å²) in [5.74, 6) is 0.455. The molecule has 178 valence electrons. The van der Waals surface area contributed by atoms with E-state index in [1.165, 1.54) is 77.0 Å². The molecule has 29 heavy (non-hydrogen) atoms. The lowest BCUT2D eigenvalue weighted by atomic mass is 10.0. The number of ketones is 1. The van der Waals surface area contributed by atoms with Gasteiger partial charge in [-0.1, -0.05) is 90.9 Å². The smallest absolute Gasteiger partial charge is 0.186 e. The Bertz CT molecular complexity index is 330. The minimum absolute atomic E-state index is 0. The third-order valence-electron chi connectivity index (χ3n) is 4.99. The molecule has 0 saturated heterocycles. The van der Waals surface area contributed by atoms with Crippen LogP contribution in [0.5, 0.6) is 0 Å². The highest BCUT2D eigenvalue weighted by Crippen LogP contribution is 2.13. The summed E-state index contributed by atoms with van der Waals surface area (Å²) in [6.45, 7) is 9.73. The number of carbonyl (C=O) groups excluding carboxylic acids is 1. The number of hydrogen-bond donors (Lipinski definition) is 1. The molecule has 0 atom stereocenters. The van der Waals surface area contributed by atoms with E-state index in [0.29, 0.717) is 12.3 Å². The molecule has 0 amide bonds. The maximum absolute atomic E-state index is 12.0. The number of nitrogens with zero attached hydrogens (tertiary/aromatic N) is 1. The fraction of sp³-hybridized carbons (Fsp3) is 0.960. The van der Waals surface area contributed by atoms with E-state index in [-0.39, 0.29) is 18.5 Å². The monoisotopic (exact) mass is 435 g/mol. The fourth-order valence-corrected chi connectivity index (χ4v) is 3.58. The van der Waals surface area contributed by atoms with Gasteiger partial charge in [0, 0.05) is 12.5 Å². The van der Waals surface area contributed by atoms with Crippen LogP contribution in [0.2, 0.25) is 0 Å². The summed E-state index contributed by atoms with van der Waals surface area (Å²) in [5, 5.41) is 8.06. The summed E-state index contributed by atoms with van der Waals surface area (Å²) in [6.07, 6.45) is 19.5. The molecule has 0 aromatic rings. The van der Waals surface area contributed by atoms with Gasteiger partial charge in [0.1, 0.15) is 6.54 Å². The third-order valence-corrected chi connectivity index (χ3v) is 4.99. The van der Waals surface area contributed by atoms with Gasteiger partial charge in [-0.2, -0.15) is 0 Å². The molecule has 3 nitrogen and oxygen atoms in total. The van der Waals surface area contributed by atoms with Crippen molar-refractivity contribution >= 4 is 5.78 Å². The number of rotatable bonds is 18. The van der Waals surface area contributed by atoms with E-state index in [1.54, 1.807) is 13.8 Å². The van der Waals surface area contributed by atoms with Crippen molar-refractivity contribution < 1.29 is 26.8 Å². The van der Waals surface area contributed by atoms with Crippen LogP contribution >= 0.6 is 0 Å². The Hall–Kier alpha value is -0.120. The van der Waals surface area contributed by atoms with Gasteiger partial charge in [0.25, 0.3) is 0 Å². The van der Waals surface area contributed by atoms with Crippen molar-refractivity contribution in [2.75, 3.05) is 27.2 Å². The van der Waals surface area contributed by atoms with Gasteiger partial charge in [-0.15, -0.1) is 0 Å². The fourth-order valence-electron chi connectivity index (χ4n) is 3.58. The van der Waals surface area contributed by atoms with Crippen LogP contribution in [0.3, 0.4) is 0 Å². The predicted molar refractivity (Wildman–Crippen MR) is 125 cm³/mol. The Kier molecular flexibility index (Phi) is 27.9. The summed E-state index contributed by atoms with van der Waals surface area (Å²) in [6, 6.07) is 0. The quantitative estimate of drug-likeness (QED) is 0.262.